The molecule has 25 heavy (non-hydrogen) atoms. The molecule has 0 fully saturated rings. The average Bonchev–Trinajstić information content (AvgIpc) is 2.40. The number of carbonyl (C=O) groups excluding carboxylic acids is 1. The Bertz CT molecular complexity index is 704. The normalized spacial score (nSPS) is 14.2. The van der Waals surface area contributed by atoms with Gasteiger partial charge in [0.05, 0.1) is 17.1 Å². The minimum Gasteiger partial charge on any atom is -0.459 e. The van der Waals surface area contributed by atoms with Crippen molar-refractivity contribution in [3.05, 3.63) is 28.7 Å². The van der Waals surface area contributed by atoms with Gasteiger partial charge in [0.15, 0.2) is 0 Å². The lowest BCUT2D eigenvalue weighted by Crippen LogP contribution is -2.48. The summed E-state index contributed by atoms with van der Waals surface area (Å²) >= 11 is 3.21. The molecule has 1 N–H and O–H groups in total. The summed E-state index contributed by atoms with van der Waals surface area (Å²) in [5.74, 6) is -0.688. The molecule has 0 radical (unpaired) electrons. The molecule has 0 aromatic heterocycles. The van der Waals surface area contributed by atoms with Crippen molar-refractivity contribution in [1.82, 2.24) is 4.72 Å². The summed E-state index contributed by atoms with van der Waals surface area (Å²) in [7, 11) is -3.94. The van der Waals surface area contributed by atoms with E-state index in [0.29, 0.717) is 4.47 Å². The molecule has 0 unspecified atom stereocenters. The van der Waals surface area contributed by atoms with Crippen LogP contribution >= 0.6 is 15.9 Å². The quantitative estimate of drug-likeness (QED) is 0.693. The zero-order valence-electron chi connectivity index (χ0n) is 15.4. The van der Waals surface area contributed by atoms with E-state index >= 15 is 0 Å². The van der Waals surface area contributed by atoms with Crippen molar-refractivity contribution in [2.75, 3.05) is 6.61 Å². The maximum absolute atomic E-state index is 12.7. The molecule has 1 atom stereocenters. The van der Waals surface area contributed by atoms with Gasteiger partial charge < -0.3 is 9.47 Å². The van der Waals surface area contributed by atoms with E-state index in [9.17, 15) is 13.2 Å². The summed E-state index contributed by atoms with van der Waals surface area (Å²) in [6.45, 7) is 10.5. The number of rotatable bonds is 6. The maximum atomic E-state index is 12.7. The first-order chi connectivity index (χ1) is 11.2. The molecule has 8 heteroatoms. The molecule has 0 saturated heterocycles. The number of ether oxygens (including phenoxy) is 2. The molecule has 142 valence electrons. The van der Waals surface area contributed by atoms with E-state index in [2.05, 4.69) is 20.7 Å². The van der Waals surface area contributed by atoms with Gasteiger partial charge >= 0.3 is 5.97 Å². The van der Waals surface area contributed by atoms with Crippen molar-refractivity contribution in [2.24, 2.45) is 0 Å². The zero-order valence-corrected chi connectivity index (χ0v) is 17.8. The highest BCUT2D eigenvalue weighted by atomic mass is 79.9. The Hall–Kier alpha value is -0.960. The summed E-state index contributed by atoms with van der Waals surface area (Å²) < 4.78 is 39.0. The van der Waals surface area contributed by atoms with Crippen molar-refractivity contribution >= 4 is 31.9 Å². The van der Waals surface area contributed by atoms with Crippen LogP contribution in [0.4, 0.5) is 0 Å². The van der Waals surface area contributed by atoms with Crippen LogP contribution in [0.25, 0.3) is 0 Å². The molecule has 0 aliphatic carbocycles. The largest absolute Gasteiger partial charge is 0.459 e. The Balaban J connectivity index is 3.07. The number of hydrogen-bond acceptors (Lipinski definition) is 5. The van der Waals surface area contributed by atoms with Crippen molar-refractivity contribution in [3.63, 3.8) is 0 Å². The number of carbonyl (C=O) groups is 1. The number of esters is 1. The molecular weight excluding hydrogens is 410 g/mol. The molecule has 0 saturated carbocycles. The standard InChI is InChI=1S/C17H26BrNO5S/c1-16(2,3)23-11-13(15(20)24-17(4,5)6)19-25(21,22)14-10-8-7-9-12(14)18/h7-10,13,19H,11H2,1-6H3/t13-/m0/s1. The van der Waals surface area contributed by atoms with Gasteiger partial charge in [-0.25, -0.2) is 8.42 Å². The second-order valence-corrected chi connectivity index (χ2v) is 10.1. The smallest absolute Gasteiger partial charge is 0.327 e. The van der Waals surface area contributed by atoms with Crippen LogP contribution in [-0.4, -0.2) is 38.2 Å². The first kappa shape index (κ1) is 22.1. The molecule has 0 aliphatic rings. The SMILES string of the molecule is CC(C)(C)OC[C@H](NS(=O)(=O)c1ccccc1Br)C(=O)OC(C)(C)C. The lowest BCUT2D eigenvalue weighted by atomic mass is 10.2. The second kappa shape index (κ2) is 8.16. The third-order valence-corrected chi connectivity index (χ3v) is 5.28. The predicted molar refractivity (Wildman–Crippen MR) is 99.8 cm³/mol. The van der Waals surface area contributed by atoms with Crippen LogP contribution in [0.2, 0.25) is 0 Å². The zero-order chi connectivity index (χ0) is 19.5. The highest BCUT2D eigenvalue weighted by Crippen LogP contribution is 2.22. The highest BCUT2D eigenvalue weighted by molar-refractivity contribution is 9.10. The van der Waals surface area contributed by atoms with E-state index in [4.69, 9.17) is 9.47 Å². The number of sulfonamides is 1. The van der Waals surface area contributed by atoms with Gasteiger partial charge in [-0.05, 0) is 69.6 Å². The van der Waals surface area contributed by atoms with E-state index < -0.39 is 33.2 Å². The summed E-state index contributed by atoms with van der Waals surface area (Å²) in [5, 5.41) is 0. The fourth-order valence-electron chi connectivity index (χ4n) is 1.77. The number of hydrogen-bond donors (Lipinski definition) is 1. The van der Waals surface area contributed by atoms with Crippen LogP contribution < -0.4 is 4.72 Å². The number of nitrogens with one attached hydrogen (secondary N) is 1. The summed E-state index contributed by atoms with van der Waals surface area (Å²) in [5.41, 5.74) is -1.27. The van der Waals surface area contributed by atoms with Crippen molar-refractivity contribution in [2.45, 2.75) is 63.7 Å². The van der Waals surface area contributed by atoms with Gasteiger partial charge in [0.25, 0.3) is 0 Å². The summed E-state index contributed by atoms with van der Waals surface area (Å²) in [6, 6.07) is 5.21. The maximum Gasteiger partial charge on any atom is 0.327 e. The Morgan fingerprint density at radius 1 is 1.12 bits per heavy atom. The van der Waals surface area contributed by atoms with Crippen LogP contribution in [0.15, 0.2) is 33.6 Å². The second-order valence-electron chi connectivity index (χ2n) is 7.56. The van der Waals surface area contributed by atoms with Gasteiger partial charge in [-0.1, -0.05) is 12.1 Å². The average molecular weight is 436 g/mol. The Morgan fingerprint density at radius 2 is 1.68 bits per heavy atom. The van der Waals surface area contributed by atoms with Gasteiger partial charge in [0.2, 0.25) is 10.0 Å². The van der Waals surface area contributed by atoms with Crippen LogP contribution in [-0.2, 0) is 24.3 Å². The third kappa shape index (κ3) is 7.85. The van der Waals surface area contributed by atoms with Gasteiger partial charge in [0, 0.05) is 4.47 Å². The Labute approximate surface area is 158 Å². The lowest BCUT2D eigenvalue weighted by Gasteiger charge is -2.27. The van der Waals surface area contributed by atoms with Gasteiger partial charge in [-0.3, -0.25) is 4.79 Å². The monoisotopic (exact) mass is 435 g/mol. The highest BCUT2D eigenvalue weighted by Gasteiger charge is 2.32. The van der Waals surface area contributed by atoms with Crippen molar-refractivity contribution < 1.29 is 22.7 Å². The van der Waals surface area contributed by atoms with Crippen LogP contribution in [0, 0.1) is 0 Å². The van der Waals surface area contributed by atoms with Crippen molar-refractivity contribution in [3.8, 4) is 0 Å². The fraction of sp³-hybridized carbons (Fsp3) is 0.588. The van der Waals surface area contributed by atoms with E-state index in [-0.39, 0.29) is 11.5 Å². The summed E-state index contributed by atoms with van der Waals surface area (Å²) in [4.78, 5) is 12.5. The van der Waals surface area contributed by atoms with Crippen LogP contribution in [0.1, 0.15) is 41.5 Å². The first-order valence-electron chi connectivity index (χ1n) is 7.85. The van der Waals surface area contributed by atoms with Crippen LogP contribution in [0.5, 0.6) is 0 Å². The van der Waals surface area contributed by atoms with E-state index in [0.717, 1.165) is 0 Å². The molecule has 0 amide bonds. The number of benzene rings is 1. The molecule has 1 aromatic carbocycles. The minimum absolute atomic E-state index is 0.0410. The van der Waals surface area contributed by atoms with Gasteiger partial charge in [-0.15, -0.1) is 0 Å². The topological polar surface area (TPSA) is 81.7 Å². The van der Waals surface area contributed by atoms with Crippen molar-refractivity contribution in [1.29, 1.82) is 0 Å². The molecule has 6 nitrogen and oxygen atoms in total. The minimum atomic E-state index is -3.94. The molecule has 1 rings (SSSR count). The van der Waals surface area contributed by atoms with Gasteiger partial charge in [-0.2, -0.15) is 4.72 Å². The Morgan fingerprint density at radius 3 is 2.16 bits per heavy atom. The molecule has 0 bridgehead atoms. The molecular formula is C17H26BrNO5S. The van der Waals surface area contributed by atoms with E-state index in [1.54, 1.807) is 39.0 Å². The number of halogens is 1. The van der Waals surface area contributed by atoms with E-state index in [1.807, 2.05) is 20.8 Å². The van der Waals surface area contributed by atoms with Crippen LogP contribution in [0.3, 0.4) is 0 Å². The third-order valence-electron chi connectivity index (χ3n) is 2.80. The van der Waals surface area contributed by atoms with Gasteiger partial charge in [0.1, 0.15) is 11.6 Å². The predicted octanol–water partition coefficient (Wildman–Crippen LogP) is 3.25. The molecule has 0 aliphatic heterocycles. The fourth-order valence-corrected chi connectivity index (χ4v) is 3.94. The van der Waals surface area contributed by atoms with E-state index in [1.165, 1.54) is 6.07 Å². The molecule has 1 aromatic rings. The summed E-state index contributed by atoms with van der Waals surface area (Å²) in [6.07, 6.45) is 0. The Kier molecular flexibility index (Phi) is 7.21. The first-order valence-corrected chi connectivity index (χ1v) is 10.1. The molecule has 0 spiro atoms. The lowest BCUT2D eigenvalue weighted by molar-refractivity contribution is -0.159. The molecule has 0 heterocycles.